The molecule has 2 aromatic carbocycles. The molecule has 0 aliphatic heterocycles. The van der Waals surface area contributed by atoms with Crippen LogP contribution in [0.1, 0.15) is 27.6 Å². The van der Waals surface area contributed by atoms with Crippen LogP contribution in [0.5, 0.6) is 0 Å². The van der Waals surface area contributed by atoms with E-state index in [1.807, 2.05) is 0 Å². The van der Waals surface area contributed by atoms with Crippen molar-refractivity contribution >= 4 is 39.1 Å². The topological polar surface area (TPSA) is 119 Å². The van der Waals surface area contributed by atoms with E-state index < -0.39 is 28.4 Å². The normalized spacial score (nSPS) is 10.7. The number of ketones is 1. The SMILES string of the molecule is CC(=O)Nc1ccc(C(=O)OCC(=O)c2ccc(NS(C)(=O)=O)cc2)cc1. The smallest absolute Gasteiger partial charge is 0.338 e. The summed E-state index contributed by atoms with van der Waals surface area (Å²) in [4.78, 5) is 35.0. The van der Waals surface area contributed by atoms with Gasteiger partial charge in [0.25, 0.3) is 0 Å². The highest BCUT2D eigenvalue weighted by Crippen LogP contribution is 2.13. The maximum absolute atomic E-state index is 12.1. The van der Waals surface area contributed by atoms with Gasteiger partial charge in [-0.2, -0.15) is 0 Å². The fourth-order valence-electron chi connectivity index (χ4n) is 2.13. The molecule has 9 heteroatoms. The van der Waals surface area contributed by atoms with Gasteiger partial charge in [0, 0.05) is 23.9 Å². The summed E-state index contributed by atoms with van der Waals surface area (Å²) in [6, 6.07) is 11.8. The number of carbonyl (C=O) groups is 3. The number of rotatable bonds is 7. The van der Waals surface area contributed by atoms with Gasteiger partial charge in [0.15, 0.2) is 12.4 Å². The second-order valence-electron chi connectivity index (χ2n) is 5.71. The second kappa shape index (κ2) is 8.45. The van der Waals surface area contributed by atoms with E-state index in [2.05, 4.69) is 10.0 Å². The molecule has 1 amide bonds. The van der Waals surface area contributed by atoms with Crippen LogP contribution in [0, 0.1) is 0 Å². The molecule has 8 nitrogen and oxygen atoms in total. The van der Waals surface area contributed by atoms with Crippen molar-refractivity contribution in [2.45, 2.75) is 6.92 Å². The number of hydrogen-bond acceptors (Lipinski definition) is 6. The Labute approximate surface area is 156 Å². The van der Waals surface area contributed by atoms with Gasteiger partial charge >= 0.3 is 5.97 Å². The molecule has 0 aromatic heterocycles. The van der Waals surface area contributed by atoms with Gasteiger partial charge in [-0.15, -0.1) is 0 Å². The molecule has 2 aromatic rings. The lowest BCUT2D eigenvalue weighted by Gasteiger charge is -2.07. The lowest BCUT2D eigenvalue weighted by Crippen LogP contribution is -2.15. The number of carbonyl (C=O) groups excluding carboxylic acids is 3. The zero-order chi connectivity index (χ0) is 20.0. The number of ether oxygens (including phenoxy) is 1. The molecule has 0 heterocycles. The summed E-state index contributed by atoms with van der Waals surface area (Å²) in [6.07, 6.45) is 1.02. The minimum absolute atomic E-state index is 0.228. The fraction of sp³-hybridized carbons (Fsp3) is 0.167. The first-order valence-corrected chi connectivity index (χ1v) is 9.69. The maximum Gasteiger partial charge on any atom is 0.338 e. The number of benzene rings is 2. The van der Waals surface area contributed by atoms with E-state index in [1.54, 1.807) is 12.1 Å². The highest BCUT2D eigenvalue weighted by molar-refractivity contribution is 7.92. The monoisotopic (exact) mass is 390 g/mol. The molecule has 0 spiro atoms. The quantitative estimate of drug-likeness (QED) is 0.552. The number of Topliss-reactive ketones (excluding diaryl/α,β-unsaturated/α-hetero) is 1. The summed E-state index contributed by atoms with van der Waals surface area (Å²) in [5, 5.41) is 2.57. The van der Waals surface area contributed by atoms with E-state index >= 15 is 0 Å². The third kappa shape index (κ3) is 6.55. The van der Waals surface area contributed by atoms with Gasteiger partial charge in [-0.25, -0.2) is 13.2 Å². The summed E-state index contributed by atoms with van der Waals surface area (Å²) in [7, 11) is -3.40. The van der Waals surface area contributed by atoms with E-state index in [0.29, 0.717) is 11.4 Å². The zero-order valence-corrected chi connectivity index (χ0v) is 15.5. The van der Waals surface area contributed by atoms with E-state index in [-0.39, 0.29) is 17.0 Å². The first-order valence-electron chi connectivity index (χ1n) is 7.80. The largest absolute Gasteiger partial charge is 0.454 e. The molecule has 0 saturated carbocycles. The highest BCUT2D eigenvalue weighted by atomic mass is 32.2. The first kappa shape index (κ1) is 20.1. The molecule has 0 saturated heterocycles. The molecule has 0 atom stereocenters. The van der Waals surface area contributed by atoms with E-state index in [0.717, 1.165) is 6.26 Å². The van der Waals surface area contributed by atoms with Crippen molar-refractivity contribution in [3.05, 3.63) is 59.7 Å². The van der Waals surface area contributed by atoms with Gasteiger partial charge in [-0.3, -0.25) is 14.3 Å². The van der Waals surface area contributed by atoms with Crippen LogP contribution in [0.15, 0.2) is 48.5 Å². The summed E-state index contributed by atoms with van der Waals surface area (Å²) < 4.78 is 29.6. The predicted octanol–water partition coefficient (Wildman–Crippen LogP) is 2.06. The minimum Gasteiger partial charge on any atom is -0.454 e. The molecule has 2 N–H and O–H groups in total. The van der Waals surface area contributed by atoms with Crippen LogP contribution < -0.4 is 10.0 Å². The van der Waals surface area contributed by atoms with Crippen LogP contribution >= 0.6 is 0 Å². The van der Waals surface area contributed by atoms with Crippen LogP contribution in [-0.2, 0) is 19.6 Å². The average Bonchev–Trinajstić information content (AvgIpc) is 2.59. The van der Waals surface area contributed by atoms with Crippen molar-refractivity contribution < 1.29 is 27.5 Å². The van der Waals surface area contributed by atoms with Crippen molar-refractivity contribution in [3.63, 3.8) is 0 Å². The van der Waals surface area contributed by atoms with Gasteiger partial charge in [-0.05, 0) is 48.5 Å². The molecule has 27 heavy (non-hydrogen) atoms. The molecule has 0 aliphatic rings. The molecule has 0 aliphatic carbocycles. The summed E-state index contributed by atoms with van der Waals surface area (Å²) in [6.45, 7) is 0.919. The molecule has 0 radical (unpaired) electrons. The van der Waals surface area contributed by atoms with Crippen LogP contribution in [-0.4, -0.2) is 38.9 Å². The Hall–Kier alpha value is -3.20. The fourth-order valence-corrected chi connectivity index (χ4v) is 2.69. The van der Waals surface area contributed by atoms with Crippen molar-refractivity contribution in [1.29, 1.82) is 0 Å². The Kier molecular flexibility index (Phi) is 6.30. The van der Waals surface area contributed by atoms with Gasteiger partial charge in [0.05, 0.1) is 11.8 Å². The van der Waals surface area contributed by atoms with Crippen LogP contribution in [0.4, 0.5) is 11.4 Å². The number of anilines is 2. The highest BCUT2D eigenvalue weighted by Gasteiger charge is 2.12. The Morgan fingerprint density at radius 2 is 1.41 bits per heavy atom. The number of amides is 1. The lowest BCUT2D eigenvalue weighted by atomic mass is 10.1. The van der Waals surface area contributed by atoms with Crippen molar-refractivity contribution in [3.8, 4) is 0 Å². The van der Waals surface area contributed by atoms with Crippen molar-refractivity contribution in [2.24, 2.45) is 0 Å². The second-order valence-corrected chi connectivity index (χ2v) is 7.46. The van der Waals surface area contributed by atoms with Crippen molar-refractivity contribution in [2.75, 3.05) is 22.9 Å². The third-order valence-electron chi connectivity index (χ3n) is 3.29. The Morgan fingerprint density at radius 1 is 0.889 bits per heavy atom. The van der Waals surface area contributed by atoms with Gasteiger partial charge in [0.1, 0.15) is 0 Å². The molecule has 2 rings (SSSR count). The van der Waals surface area contributed by atoms with E-state index in [4.69, 9.17) is 4.74 Å². The van der Waals surface area contributed by atoms with Crippen LogP contribution in [0.2, 0.25) is 0 Å². The Morgan fingerprint density at radius 3 is 1.93 bits per heavy atom. The van der Waals surface area contributed by atoms with Crippen molar-refractivity contribution in [1.82, 2.24) is 0 Å². The lowest BCUT2D eigenvalue weighted by molar-refractivity contribution is -0.114. The summed E-state index contributed by atoms with van der Waals surface area (Å²) in [5.41, 5.74) is 1.38. The molecule has 0 fully saturated rings. The molecule has 0 bridgehead atoms. The van der Waals surface area contributed by atoms with E-state index in [9.17, 15) is 22.8 Å². The molecular weight excluding hydrogens is 372 g/mol. The number of hydrogen-bond donors (Lipinski definition) is 2. The molecule has 142 valence electrons. The zero-order valence-electron chi connectivity index (χ0n) is 14.7. The summed E-state index contributed by atoms with van der Waals surface area (Å²) >= 11 is 0. The van der Waals surface area contributed by atoms with E-state index in [1.165, 1.54) is 43.3 Å². The number of sulfonamides is 1. The first-order chi connectivity index (χ1) is 12.6. The summed E-state index contributed by atoms with van der Waals surface area (Å²) in [5.74, 6) is -1.33. The average molecular weight is 390 g/mol. The molecule has 0 unspecified atom stereocenters. The standard InChI is InChI=1S/C18H18N2O6S/c1-12(21)19-15-7-5-14(6-8-15)18(23)26-11-17(22)13-3-9-16(10-4-13)20-27(2,24)25/h3-10,20H,11H2,1-2H3,(H,19,21). The maximum atomic E-state index is 12.1. The van der Waals surface area contributed by atoms with Gasteiger partial charge in [0.2, 0.25) is 15.9 Å². The number of esters is 1. The van der Waals surface area contributed by atoms with Gasteiger partial charge < -0.3 is 10.1 Å². The van der Waals surface area contributed by atoms with Crippen LogP contribution in [0.3, 0.4) is 0 Å². The van der Waals surface area contributed by atoms with Gasteiger partial charge in [-0.1, -0.05) is 0 Å². The predicted molar refractivity (Wildman–Crippen MR) is 100 cm³/mol. The number of nitrogens with one attached hydrogen (secondary N) is 2. The van der Waals surface area contributed by atoms with Crippen LogP contribution in [0.25, 0.3) is 0 Å². The molecular formula is C18H18N2O6S. The third-order valence-corrected chi connectivity index (χ3v) is 3.89. The Bertz CT molecular complexity index is 950. The minimum atomic E-state index is -3.40. The Balaban J connectivity index is 1.92.